The number of carboxylic acid groups (broad SMARTS) is 1. The van der Waals surface area contributed by atoms with E-state index in [0.717, 1.165) is 0 Å². The second kappa shape index (κ2) is 7.97. The van der Waals surface area contributed by atoms with Gasteiger partial charge in [-0.15, -0.1) is 0 Å². The van der Waals surface area contributed by atoms with E-state index < -0.39 is 17.0 Å². The molecule has 0 fully saturated rings. The van der Waals surface area contributed by atoms with E-state index >= 15 is 0 Å². The summed E-state index contributed by atoms with van der Waals surface area (Å²) >= 11 is -2.32. The van der Waals surface area contributed by atoms with Gasteiger partial charge in [-0.05, 0) is 35.7 Å². The first kappa shape index (κ1) is 18.2. The zero-order chi connectivity index (χ0) is 10.0. The fourth-order valence-electron chi connectivity index (χ4n) is 0.969. The summed E-state index contributed by atoms with van der Waals surface area (Å²) in [6, 6.07) is 3.73. The molecule has 0 amide bonds. The minimum absolute atomic E-state index is 0. The van der Waals surface area contributed by atoms with Gasteiger partial charge in [0.2, 0.25) is 0 Å². The van der Waals surface area contributed by atoms with Crippen LogP contribution in [0.1, 0.15) is 15.9 Å². The van der Waals surface area contributed by atoms with Crippen molar-refractivity contribution in [2.24, 2.45) is 0 Å². The minimum atomic E-state index is -2.32. The van der Waals surface area contributed by atoms with E-state index in [1.54, 1.807) is 0 Å². The predicted molar refractivity (Wildman–Crippen MR) is 42.7 cm³/mol. The van der Waals surface area contributed by atoms with Crippen molar-refractivity contribution in [2.75, 3.05) is 0 Å². The van der Waals surface area contributed by atoms with Crippen LogP contribution in [0.3, 0.4) is 0 Å². The summed E-state index contributed by atoms with van der Waals surface area (Å²) in [6.45, 7) is 1.52. The molecule has 15 heavy (non-hydrogen) atoms. The number of aryl methyl sites for hydroxylation is 1. The molecule has 0 aromatic heterocycles. The van der Waals surface area contributed by atoms with E-state index in [-0.39, 0.29) is 69.6 Å². The van der Waals surface area contributed by atoms with Gasteiger partial charge in [0, 0.05) is 10.5 Å². The van der Waals surface area contributed by atoms with Gasteiger partial charge in [-0.2, -0.15) is 0 Å². The number of carbonyl (C=O) groups is 1. The van der Waals surface area contributed by atoms with Gasteiger partial charge in [0.05, 0.1) is 5.97 Å². The largest absolute Gasteiger partial charge is 1.00 e. The Morgan fingerprint density at radius 3 is 2.20 bits per heavy atom. The first-order valence-corrected chi connectivity index (χ1v) is 4.51. The van der Waals surface area contributed by atoms with Crippen molar-refractivity contribution in [3.8, 4) is 0 Å². The van der Waals surface area contributed by atoms with E-state index in [0.29, 0.717) is 5.56 Å². The topological polar surface area (TPSA) is 80.3 Å². The average molecular weight is 244 g/mol. The van der Waals surface area contributed by atoms with E-state index in [4.69, 9.17) is 0 Å². The fraction of sp³-hybridized carbons (Fsp3) is 0.125. The number of hydrogen-bond donors (Lipinski definition) is 0. The summed E-state index contributed by atoms with van der Waals surface area (Å²) in [5, 5.41) is 10.4. The molecule has 70 valence electrons. The van der Waals surface area contributed by atoms with Crippen molar-refractivity contribution in [1.82, 2.24) is 0 Å². The zero-order valence-electron chi connectivity index (χ0n) is 8.77. The predicted octanol–water partition coefficient (Wildman–Crippen LogP) is -6.40. The SMILES string of the molecule is Cc1cc(S(=O)[O-])ccc1C(=O)[O-].[Na+].[Na+]. The quantitative estimate of drug-likeness (QED) is 0.383. The van der Waals surface area contributed by atoms with E-state index in [1.165, 1.54) is 25.1 Å². The van der Waals surface area contributed by atoms with Gasteiger partial charge in [0.1, 0.15) is 0 Å². The summed E-state index contributed by atoms with van der Waals surface area (Å²) in [5.74, 6) is -1.30. The van der Waals surface area contributed by atoms with Crippen LogP contribution in [-0.2, 0) is 11.1 Å². The second-order valence-electron chi connectivity index (χ2n) is 2.50. The van der Waals surface area contributed by atoms with Gasteiger partial charge in [-0.3, -0.25) is 4.21 Å². The van der Waals surface area contributed by atoms with Crippen LogP contribution >= 0.6 is 0 Å². The standard InChI is InChI=1S/C8H8O4S.2Na/c1-5-4-6(13(11)12)2-3-7(5)8(9)10;;/h2-4H,1H3,(H,9,10)(H,11,12);;/q;2*+1/p-2. The number of hydrogen-bond acceptors (Lipinski definition) is 4. The van der Waals surface area contributed by atoms with Crippen LogP contribution in [0, 0.1) is 6.92 Å². The third-order valence-electron chi connectivity index (χ3n) is 1.61. The smallest absolute Gasteiger partial charge is 0.768 e. The van der Waals surface area contributed by atoms with E-state index in [2.05, 4.69) is 0 Å². The van der Waals surface area contributed by atoms with Gasteiger partial charge < -0.3 is 14.5 Å². The van der Waals surface area contributed by atoms with Crippen LogP contribution in [0.25, 0.3) is 0 Å². The van der Waals surface area contributed by atoms with Crippen molar-refractivity contribution in [3.05, 3.63) is 29.3 Å². The molecule has 0 aliphatic carbocycles. The summed E-state index contributed by atoms with van der Waals surface area (Å²) in [5.41, 5.74) is 0.385. The van der Waals surface area contributed by atoms with E-state index in [1.807, 2.05) is 0 Å². The number of carbonyl (C=O) groups excluding carboxylic acids is 1. The molecule has 0 saturated heterocycles. The monoisotopic (exact) mass is 244 g/mol. The minimum Gasteiger partial charge on any atom is -0.768 e. The molecule has 0 bridgehead atoms. The molecular formula is C8H6Na2O4S. The Hall–Kier alpha value is 0.800. The van der Waals surface area contributed by atoms with Gasteiger partial charge in [0.15, 0.2) is 0 Å². The molecule has 0 radical (unpaired) electrons. The normalized spacial score (nSPS) is 10.8. The third-order valence-corrected chi connectivity index (χ3v) is 2.25. The van der Waals surface area contributed by atoms with Gasteiger partial charge in [-0.25, -0.2) is 0 Å². The van der Waals surface area contributed by atoms with Crippen LogP contribution in [0.2, 0.25) is 0 Å². The molecule has 0 aliphatic heterocycles. The van der Waals surface area contributed by atoms with Crippen LogP contribution in [-0.4, -0.2) is 14.7 Å². The van der Waals surface area contributed by atoms with E-state index in [9.17, 15) is 18.7 Å². The number of carboxylic acids is 1. The molecule has 0 heterocycles. The van der Waals surface area contributed by atoms with Crippen LogP contribution in [0.5, 0.6) is 0 Å². The summed E-state index contributed by atoms with van der Waals surface area (Å²) in [7, 11) is 0. The fourth-order valence-corrected chi connectivity index (χ4v) is 1.42. The molecule has 4 nitrogen and oxygen atoms in total. The van der Waals surface area contributed by atoms with Crippen LogP contribution < -0.4 is 64.2 Å². The Morgan fingerprint density at radius 1 is 1.33 bits per heavy atom. The zero-order valence-corrected chi connectivity index (χ0v) is 13.6. The maximum atomic E-state index is 10.5. The summed E-state index contributed by atoms with van der Waals surface area (Å²) < 4.78 is 20.9. The Bertz CT molecular complexity index is 381. The van der Waals surface area contributed by atoms with Crippen LogP contribution in [0.4, 0.5) is 0 Å². The molecule has 0 spiro atoms. The van der Waals surface area contributed by atoms with Crippen molar-refractivity contribution < 1.29 is 77.8 Å². The summed E-state index contributed by atoms with van der Waals surface area (Å²) in [6.07, 6.45) is 0. The number of benzene rings is 1. The molecule has 7 heteroatoms. The maximum absolute atomic E-state index is 10.5. The molecule has 0 saturated carbocycles. The van der Waals surface area contributed by atoms with Crippen molar-refractivity contribution in [2.45, 2.75) is 11.8 Å². The molecule has 0 N–H and O–H groups in total. The van der Waals surface area contributed by atoms with Crippen molar-refractivity contribution >= 4 is 17.0 Å². The molecule has 0 aliphatic rings. The van der Waals surface area contributed by atoms with Gasteiger partial charge in [-0.1, -0.05) is 6.07 Å². The first-order chi connectivity index (χ1) is 6.02. The Balaban J connectivity index is 0. The molecule has 1 atom stereocenters. The molecule has 1 unspecified atom stereocenters. The first-order valence-electron chi connectivity index (χ1n) is 3.43. The molecule has 1 rings (SSSR count). The van der Waals surface area contributed by atoms with Crippen LogP contribution in [0.15, 0.2) is 23.1 Å². The Labute approximate surface area is 134 Å². The second-order valence-corrected chi connectivity index (χ2v) is 3.44. The number of aromatic carboxylic acids is 1. The average Bonchev–Trinajstić information content (AvgIpc) is 2.03. The van der Waals surface area contributed by atoms with Gasteiger partial charge in [0.25, 0.3) is 0 Å². The van der Waals surface area contributed by atoms with Gasteiger partial charge >= 0.3 is 59.1 Å². The van der Waals surface area contributed by atoms with Crippen molar-refractivity contribution in [1.29, 1.82) is 0 Å². The Morgan fingerprint density at radius 2 is 1.87 bits per heavy atom. The Kier molecular flexibility index (Phi) is 9.66. The maximum Gasteiger partial charge on any atom is 1.00 e. The number of rotatable bonds is 2. The molecule has 1 aromatic carbocycles. The molecule has 1 aromatic rings. The third kappa shape index (κ3) is 5.10. The van der Waals surface area contributed by atoms with Crippen molar-refractivity contribution in [3.63, 3.8) is 0 Å². The molecular weight excluding hydrogens is 238 g/mol. The summed E-state index contributed by atoms with van der Waals surface area (Å²) in [4.78, 5) is 10.5.